The number of aliphatic hydroxyl groups excluding tert-OH is 1. The van der Waals surface area contributed by atoms with Gasteiger partial charge in [0.25, 0.3) is 0 Å². The summed E-state index contributed by atoms with van der Waals surface area (Å²) in [7, 11) is 0. The Balaban J connectivity index is 1.78. The quantitative estimate of drug-likeness (QED) is 0.894. The second kappa shape index (κ2) is 4.94. The van der Waals surface area contributed by atoms with Gasteiger partial charge in [0.15, 0.2) is 0 Å². The second-order valence-electron chi connectivity index (χ2n) is 5.05. The molecular weight excluding hydrogens is 224 g/mol. The molecule has 1 aromatic carbocycles. The van der Waals surface area contributed by atoms with E-state index in [2.05, 4.69) is 35.0 Å². The van der Waals surface area contributed by atoms with Crippen molar-refractivity contribution >= 4 is 0 Å². The fourth-order valence-electron chi connectivity index (χ4n) is 2.61. The highest BCUT2D eigenvalue weighted by Gasteiger charge is 2.19. The van der Waals surface area contributed by atoms with Gasteiger partial charge in [0.1, 0.15) is 5.82 Å². The molecule has 1 N–H and O–H groups in total. The molecule has 1 aliphatic heterocycles. The lowest BCUT2D eigenvalue weighted by molar-refractivity contribution is 0.190. The van der Waals surface area contributed by atoms with Crippen LogP contribution in [0.4, 0.5) is 0 Å². The molecule has 2 heterocycles. The summed E-state index contributed by atoms with van der Waals surface area (Å²) in [6.07, 6.45) is 5.08. The summed E-state index contributed by atoms with van der Waals surface area (Å²) in [5.74, 6) is 1.57. The van der Waals surface area contributed by atoms with E-state index in [1.165, 1.54) is 11.4 Å². The Morgan fingerprint density at radius 3 is 2.89 bits per heavy atom. The van der Waals surface area contributed by atoms with Crippen molar-refractivity contribution in [3.8, 4) is 0 Å². The summed E-state index contributed by atoms with van der Waals surface area (Å²) >= 11 is 0. The van der Waals surface area contributed by atoms with Crippen LogP contribution in [-0.4, -0.2) is 21.3 Å². The summed E-state index contributed by atoms with van der Waals surface area (Å²) < 4.78 is 2.21. The minimum atomic E-state index is 0.283. The molecule has 18 heavy (non-hydrogen) atoms. The minimum Gasteiger partial charge on any atom is -0.396 e. The van der Waals surface area contributed by atoms with Gasteiger partial charge in [-0.15, -0.1) is 0 Å². The summed E-state index contributed by atoms with van der Waals surface area (Å²) in [5, 5.41) is 9.22. The first-order valence-electron chi connectivity index (χ1n) is 6.55. The summed E-state index contributed by atoms with van der Waals surface area (Å²) in [6.45, 7) is 1.19. The van der Waals surface area contributed by atoms with E-state index in [1.54, 1.807) is 0 Å². The Kier molecular flexibility index (Phi) is 3.15. The molecular formula is C15H18N2O. The van der Waals surface area contributed by atoms with Crippen molar-refractivity contribution in [3.63, 3.8) is 0 Å². The van der Waals surface area contributed by atoms with Crippen LogP contribution in [0, 0.1) is 5.92 Å². The van der Waals surface area contributed by atoms with Crippen molar-refractivity contribution in [3.05, 3.63) is 53.6 Å². The third kappa shape index (κ3) is 2.31. The normalized spacial score (nSPS) is 18.6. The van der Waals surface area contributed by atoms with Crippen LogP contribution in [0.1, 0.15) is 23.5 Å². The number of hydrogen-bond acceptors (Lipinski definition) is 2. The zero-order chi connectivity index (χ0) is 12.4. The van der Waals surface area contributed by atoms with E-state index in [9.17, 15) is 5.11 Å². The van der Waals surface area contributed by atoms with Gasteiger partial charge in [-0.05, 0) is 12.0 Å². The van der Waals surface area contributed by atoms with Crippen LogP contribution >= 0.6 is 0 Å². The topological polar surface area (TPSA) is 38.1 Å². The molecule has 0 radical (unpaired) electrons. The lowest BCUT2D eigenvalue weighted by atomic mass is 10.0. The monoisotopic (exact) mass is 242 g/mol. The lowest BCUT2D eigenvalue weighted by Gasteiger charge is -2.21. The van der Waals surface area contributed by atoms with Crippen molar-refractivity contribution in [2.45, 2.75) is 25.8 Å². The molecule has 1 atom stereocenters. The molecule has 94 valence electrons. The second-order valence-corrected chi connectivity index (χ2v) is 5.05. The van der Waals surface area contributed by atoms with Crippen molar-refractivity contribution < 1.29 is 5.11 Å². The molecule has 1 aromatic heterocycles. The number of benzene rings is 1. The van der Waals surface area contributed by atoms with Gasteiger partial charge in [-0.3, -0.25) is 0 Å². The molecule has 0 aliphatic carbocycles. The zero-order valence-corrected chi connectivity index (χ0v) is 10.4. The summed E-state index contributed by atoms with van der Waals surface area (Å²) in [5.41, 5.74) is 2.43. The first kappa shape index (κ1) is 11.5. The Morgan fingerprint density at radius 2 is 2.11 bits per heavy atom. The van der Waals surface area contributed by atoms with E-state index in [1.807, 2.05) is 6.07 Å². The smallest absolute Gasteiger partial charge is 0.108 e. The zero-order valence-electron chi connectivity index (χ0n) is 10.4. The predicted molar refractivity (Wildman–Crippen MR) is 70.4 cm³/mol. The van der Waals surface area contributed by atoms with Gasteiger partial charge in [-0.1, -0.05) is 30.3 Å². The minimum absolute atomic E-state index is 0.283. The maximum atomic E-state index is 9.22. The molecule has 3 nitrogen and oxygen atoms in total. The van der Waals surface area contributed by atoms with Gasteiger partial charge in [0.05, 0.1) is 5.69 Å². The van der Waals surface area contributed by atoms with E-state index < -0.39 is 0 Å². The van der Waals surface area contributed by atoms with Crippen LogP contribution in [-0.2, 0) is 19.4 Å². The standard InChI is InChI=1S/C15H18N2O/c18-11-13-6-7-15-16-14(10-17(15)9-13)8-12-4-2-1-3-5-12/h1-5,10,13,18H,6-9,11H2. The molecule has 2 aromatic rings. The number of hydrogen-bond donors (Lipinski definition) is 1. The van der Waals surface area contributed by atoms with Gasteiger partial charge < -0.3 is 9.67 Å². The molecule has 0 spiro atoms. The number of aliphatic hydroxyl groups is 1. The number of rotatable bonds is 3. The average molecular weight is 242 g/mol. The highest BCUT2D eigenvalue weighted by molar-refractivity contribution is 5.21. The fourth-order valence-corrected chi connectivity index (χ4v) is 2.61. The first-order chi connectivity index (χ1) is 8.85. The molecule has 3 heteroatoms. The maximum absolute atomic E-state index is 9.22. The Labute approximate surface area is 107 Å². The molecule has 0 saturated carbocycles. The third-order valence-electron chi connectivity index (χ3n) is 3.63. The largest absolute Gasteiger partial charge is 0.396 e. The molecule has 0 fully saturated rings. The Morgan fingerprint density at radius 1 is 1.28 bits per heavy atom. The van der Waals surface area contributed by atoms with Crippen molar-refractivity contribution in [2.75, 3.05) is 6.61 Å². The van der Waals surface area contributed by atoms with Crippen LogP contribution in [0.2, 0.25) is 0 Å². The number of fused-ring (bicyclic) bond motifs is 1. The van der Waals surface area contributed by atoms with E-state index in [0.29, 0.717) is 5.92 Å². The first-order valence-corrected chi connectivity index (χ1v) is 6.55. The van der Waals surface area contributed by atoms with Gasteiger partial charge in [-0.2, -0.15) is 0 Å². The Hall–Kier alpha value is -1.61. The lowest BCUT2D eigenvalue weighted by Crippen LogP contribution is -2.22. The Bertz CT molecular complexity index is 519. The van der Waals surface area contributed by atoms with E-state index in [4.69, 9.17) is 4.98 Å². The number of imidazole rings is 1. The van der Waals surface area contributed by atoms with Crippen LogP contribution < -0.4 is 0 Å². The third-order valence-corrected chi connectivity index (χ3v) is 3.63. The number of nitrogens with zero attached hydrogens (tertiary/aromatic N) is 2. The number of aryl methyl sites for hydroxylation is 1. The van der Waals surface area contributed by atoms with Gasteiger partial charge >= 0.3 is 0 Å². The van der Waals surface area contributed by atoms with Crippen molar-refractivity contribution in [1.29, 1.82) is 0 Å². The molecule has 1 aliphatic rings. The van der Waals surface area contributed by atoms with Crippen LogP contribution in [0.3, 0.4) is 0 Å². The summed E-state index contributed by atoms with van der Waals surface area (Å²) in [4.78, 5) is 4.70. The van der Waals surface area contributed by atoms with Crippen molar-refractivity contribution in [1.82, 2.24) is 9.55 Å². The molecule has 0 saturated heterocycles. The number of aromatic nitrogens is 2. The van der Waals surface area contributed by atoms with Gasteiger partial charge in [0.2, 0.25) is 0 Å². The summed E-state index contributed by atoms with van der Waals surface area (Å²) in [6, 6.07) is 10.4. The average Bonchev–Trinajstić information content (AvgIpc) is 2.80. The van der Waals surface area contributed by atoms with Gasteiger partial charge in [0, 0.05) is 38.1 Å². The van der Waals surface area contributed by atoms with E-state index in [0.717, 1.165) is 31.5 Å². The maximum Gasteiger partial charge on any atom is 0.108 e. The SMILES string of the molecule is OCC1CCc2nc(Cc3ccccc3)cn2C1. The van der Waals surface area contributed by atoms with Crippen LogP contribution in [0.5, 0.6) is 0 Å². The molecule has 0 amide bonds. The highest BCUT2D eigenvalue weighted by atomic mass is 16.3. The van der Waals surface area contributed by atoms with E-state index >= 15 is 0 Å². The van der Waals surface area contributed by atoms with Crippen molar-refractivity contribution in [2.24, 2.45) is 5.92 Å². The molecule has 3 rings (SSSR count). The predicted octanol–water partition coefficient (Wildman–Crippen LogP) is 2.03. The highest BCUT2D eigenvalue weighted by Crippen LogP contribution is 2.20. The fraction of sp³-hybridized carbons (Fsp3) is 0.400. The van der Waals surface area contributed by atoms with Crippen LogP contribution in [0.15, 0.2) is 36.5 Å². The van der Waals surface area contributed by atoms with E-state index in [-0.39, 0.29) is 6.61 Å². The van der Waals surface area contributed by atoms with Gasteiger partial charge in [-0.25, -0.2) is 4.98 Å². The van der Waals surface area contributed by atoms with Crippen LogP contribution in [0.25, 0.3) is 0 Å². The molecule has 1 unspecified atom stereocenters. The molecule has 0 bridgehead atoms.